The van der Waals surface area contributed by atoms with Crippen LogP contribution in [0.25, 0.3) is 11.3 Å². The summed E-state index contributed by atoms with van der Waals surface area (Å²) in [5.41, 5.74) is 3.91. The van der Waals surface area contributed by atoms with E-state index >= 15 is 0 Å². The molecule has 4 heteroatoms. The summed E-state index contributed by atoms with van der Waals surface area (Å²) >= 11 is 12.1. The molecular weight excluding hydrogens is 279 g/mol. The van der Waals surface area contributed by atoms with Gasteiger partial charge in [-0.1, -0.05) is 41.4 Å². The lowest BCUT2D eigenvalue weighted by molar-refractivity contribution is 0.866. The molecule has 0 aliphatic heterocycles. The van der Waals surface area contributed by atoms with Crippen molar-refractivity contribution in [1.29, 1.82) is 0 Å². The summed E-state index contributed by atoms with van der Waals surface area (Å²) in [5.74, 6) is 0. The number of halogens is 2. The molecule has 19 heavy (non-hydrogen) atoms. The highest BCUT2D eigenvalue weighted by Crippen LogP contribution is 2.24. The van der Waals surface area contributed by atoms with Crippen LogP contribution >= 0.6 is 23.2 Å². The van der Waals surface area contributed by atoms with Gasteiger partial charge in [0.15, 0.2) is 0 Å². The maximum Gasteiger partial charge on any atom is 0.0697 e. The molecule has 0 fully saturated rings. The van der Waals surface area contributed by atoms with Gasteiger partial charge < -0.3 is 0 Å². The quantitative estimate of drug-likeness (QED) is 0.715. The Balaban J connectivity index is 2.53. The molecule has 2 rings (SSSR count). The molecule has 1 aromatic carbocycles. The first-order valence-electron chi connectivity index (χ1n) is 5.82. The largest absolute Gasteiger partial charge is 0.233 e. The Morgan fingerprint density at radius 3 is 2.42 bits per heavy atom. The SMILES string of the molecule is C=C(C)/C=C(\C)c1ccnn1-c1cc(Cl)cc(Cl)c1. The van der Waals surface area contributed by atoms with Crippen LogP contribution in [0.2, 0.25) is 10.0 Å². The molecule has 0 radical (unpaired) electrons. The van der Waals surface area contributed by atoms with Crippen molar-refractivity contribution in [2.24, 2.45) is 0 Å². The van der Waals surface area contributed by atoms with E-state index in [4.69, 9.17) is 23.2 Å². The van der Waals surface area contributed by atoms with Crippen LogP contribution in [0.1, 0.15) is 19.5 Å². The summed E-state index contributed by atoms with van der Waals surface area (Å²) in [5, 5.41) is 5.50. The van der Waals surface area contributed by atoms with Gasteiger partial charge >= 0.3 is 0 Å². The first kappa shape index (κ1) is 13.9. The minimum Gasteiger partial charge on any atom is -0.233 e. The molecule has 0 N–H and O–H groups in total. The molecule has 0 bridgehead atoms. The van der Waals surface area contributed by atoms with E-state index in [0.29, 0.717) is 10.0 Å². The van der Waals surface area contributed by atoms with Gasteiger partial charge in [-0.3, -0.25) is 0 Å². The Hall–Kier alpha value is -1.51. The minimum atomic E-state index is 0.588. The predicted molar refractivity (Wildman–Crippen MR) is 82.0 cm³/mol. The molecule has 0 aliphatic carbocycles. The Bertz CT molecular complexity index is 634. The number of aromatic nitrogens is 2. The molecule has 0 saturated heterocycles. The van der Waals surface area contributed by atoms with Crippen molar-refractivity contribution in [3.8, 4) is 5.69 Å². The smallest absolute Gasteiger partial charge is 0.0697 e. The second-order valence-electron chi connectivity index (χ2n) is 4.43. The van der Waals surface area contributed by atoms with Gasteiger partial charge in [-0.05, 0) is 43.7 Å². The normalized spacial score (nSPS) is 11.7. The van der Waals surface area contributed by atoms with Crippen molar-refractivity contribution in [3.63, 3.8) is 0 Å². The molecular formula is C15H14Cl2N2. The van der Waals surface area contributed by atoms with Gasteiger partial charge in [-0.15, -0.1) is 0 Å². The van der Waals surface area contributed by atoms with Crippen molar-refractivity contribution in [3.05, 3.63) is 64.4 Å². The van der Waals surface area contributed by atoms with Crippen LogP contribution in [0.3, 0.4) is 0 Å². The van der Waals surface area contributed by atoms with E-state index in [1.54, 1.807) is 12.3 Å². The van der Waals surface area contributed by atoms with E-state index in [1.165, 1.54) is 0 Å². The highest BCUT2D eigenvalue weighted by atomic mass is 35.5. The fourth-order valence-electron chi connectivity index (χ4n) is 1.91. The third-order valence-corrected chi connectivity index (χ3v) is 3.04. The molecule has 98 valence electrons. The van der Waals surface area contributed by atoms with Gasteiger partial charge in [-0.2, -0.15) is 5.10 Å². The number of hydrogen-bond acceptors (Lipinski definition) is 1. The molecule has 0 amide bonds. The topological polar surface area (TPSA) is 17.8 Å². The summed E-state index contributed by atoms with van der Waals surface area (Å²) in [6.07, 6.45) is 3.76. The first-order chi connectivity index (χ1) is 8.97. The standard InChI is InChI=1S/C15H14Cl2N2/c1-10(2)6-11(3)15-4-5-18-19(15)14-8-12(16)7-13(17)9-14/h4-9H,1H2,2-3H3/b11-6+. The van der Waals surface area contributed by atoms with Crippen molar-refractivity contribution in [2.75, 3.05) is 0 Å². The lowest BCUT2D eigenvalue weighted by Crippen LogP contribution is -2.00. The minimum absolute atomic E-state index is 0.588. The molecule has 2 nitrogen and oxygen atoms in total. The van der Waals surface area contributed by atoms with E-state index < -0.39 is 0 Å². The number of benzene rings is 1. The van der Waals surface area contributed by atoms with Crippen molar-refractivity contribution in [1.82, 2.24) is 9.78 Å². The molecule has 1 aromatic heterocycles. The van der Waals surface area contributed by atoms with E-state index in [9.17, 15) is 0 Å². The summed E-state index contributed by atoms with van der Waals surface area (Å²) in [7, 11) is 0. The molecule has 0 saturated carbocycles. The molecule has 1 heterocycles. The van der Waals surface area contributed by atoms with Crippen LogP contribution in [0, 0.1) is 0 Å². The Morgan fingerprint density at radius 1 is 1.21 bits per heavy atom. The number of nitrogens with zero attached hydrogens (tertiary/aromatic N) is 2. The van der Waals surface area contributed by atoms with Crippen LogP contribution in [0.5, 0.6) is 0 Å². The van der Waals surface area contributed by atoms with E-state index in [0.717, 1.165) is 22.5 Å². The van der Waals surface area contributed by atoms with E-state index in [-0.39, 0.29) is 0 Å². The maximum atomic E-state index is 6.03. The number of allylic oxidation sites excluding steroid dienone is 3. The number of hydrogen-bond donors (Lipinski definition) is 0. The molecule has 0 aliphatic rings. The van der Waals surface area contributed by atoms with Gasteiger partial charge in [0.2, 0.25) is 0 Å². The fourth-order valence-corrected chi connectivity index (χ4v) is 2.43. The molecule has 0 spiro atoms. The zero-order valence-electron chi connectivity index (χ0n) is 10.8. The van der Waals surface area contributed by atoms with Crippen LogP contribution in [-0.4, -0.2) is 9.78 Å². The summed E-state index contributed by atoms with van der Waals surface area (Å²) < 4.78 is 1.81. The van der Waals surface area contributed by atoms with Gasteiger partial charge in [0.05, 0.1) is 17.6 Å². The fraction of sp³-hybridized carbons (Fsp3) is 0.133. The van der Waals surface area contributed by atoms with Crippen molar-refractivity contribution >= 4 is 28.8 Å². The van der Waals surface area contributed by atoms with Gasteiger partial charge in [0, 0.05) is 10.0 Å². The lowest BCUT2D eigenvalue weighted by Gasteiger charge is -2.09. The second-order valence-corrected chi connectivity index (χ2v) is 5.30. The molecule has 2 aromatic rings. The van der Waals surface area contributed by atoms with Crippen LogP contribution in [0.4, 0.5) is 0 Å². The van der Waals surface area contributed by atoms with E-state index in [1.807, 2.05) is 42.8 Å². The Labute approximate surface area is 123 Å². The third-order valence-electron chi connectivity index (χ3n) is 2.60. The number of rotatable bonds is 3. The highest BCUT2D eigenvalue weighted by Gasteiger charge is 2.08. The van der Waals surface area contributed by atoms with Gasteiger partial charge in [0.1, 0.15) is 0 Å². The van der Waals surface area contributed by atoms with Gasteiger partial charge in [-0.25, -0.2) is 4.68 Å². The highest BCUT2D eigenvalue weighted by molar-refractivity contribution is 6.34. The monoisotopic (exact) mass is 292 g/mol. The van der Waals surface area contributed by atoms with Crippen LogP contribution in [-0.2, 0) is 0 Å². The Kier molecular flexibility index (Phi) is 4.13. The summed E-state index contributed by atoms with van der Waals surface area (Å²) in [4.78, 5) is 0. The van der Waals surface area contributed by atoms with Crippen molar-refractivity contribution < 1.29 is 0 Å². The summed E-state index contributed by atoms with van der Waals surface area (Å²) in [6, 6.07) is 7.31. The lowest BCUT2D eigenvalue weighted by atomic mass is 10.1. The average molecular weight is 293 g/mol. The zero-order chi connectivity index (χ0) is 14.0. The van der Waals surface area contributed by atoms with E-state index in [2.05, 4.69) is 11.7 Å². The molecule has 0 unspecified atom stereocenters. The first-order valence-corrected chi connectivity index (χ1v) is 6.57. The third kappa shape index (κ3) is 3.28. The van der Waals surface area contributed by atoms with Crippen LogP contribution in [0.15, 0.2) is 48.7 Å². The van der Waals surface area contributed by atoms with Crippen molar-refractivity contribution in [2.45, 2.75) is 13.8 Å². The zero-order valence-corrected chi connectivity index (χ0v) is 12.3. The molecule has 0 atom stereocenters. The Morgan fingerprint density at radius 2 is 1.84 bits per heavy atom. The summed E-state index contributed by atoms with van der Waals surface area (Å²) in [6.45, 7) is 7.87. The second kappa shape index (κ2) is 5.64. The van der Waals surface area contributed by atoms with Gasteiger partial charge in [0.25, 0.3) is 0 Å². The van der Waals surface area contributed by atoms with Crippen LogP contribution < -0.4 is 0 Å². The maximum absolute atomic E-state index is 6.03. The predicted octanol–water partition coefficient (Wildman–Crippen LogP) is 5.16. The average Bonchev–Trinajstić information content (AvgIpc) is 2.75.